The first-order chi connectivity index (χ1) is 5.97. The third kappa shape index (κ3) is 1.58. The highest BCUT2D eigenvalue weighted by Gasteiger charge is 2.11. The lowest BCUT2D eigenvalue weighted by Crippen LogP contribution is -2.03. The lowest BCUT2D eigenvalue weighted by Gasteiger charge is -2.18. The van der Waals surface area contributed by atoms with Gasteiger partial charge in [-0.05, 0) is 19.3 Å². The van der Waals surface area contributed by atoms with Gasteiger partial charge in [0.1, 0.15) is 0 Å². The van der Waals surface area contributed by atoms with Crippen molar-refractivity contribution in [1.29, 1.82) is 0 Å². The van der Waals surface area contributed by atoms with Crippen molar-refractivity contribution in [2.75, 3.05) is 0 Å². The monoisotopic (exact) mass is 158 g/mol. The minimum absolute atomic E-state index is 0.681. The summed E-state index contributed by atoms with van der Waals surface area (Å²) in [6, 6.07) is 0. The molecule has 0 heterocycles. The highest BCUT2D eigenvalue weighted by Crippen LogP contribution is 2.26. The number of hydrogen-bond acceptors (Lipinski definition) is 0. The van der Waals surface area contributed by atoms with Gasteiger partial charge in [0.2, 0.25) is 0 Å². The predicted molar refractivity (Wildman–Crippen MR) is 52.8 cm³/mol. The smallest absolute Gasteiger partial charge is 0.00177 e. The summed E-state index contributed by atoms with van der Waals surface area (Å²) >= 11 is 0. The predicted octanol–water partition coefficient (Wildman–Crippen LogP) is 3.40. The van der Waals surface area contributed by atoms with Crippen LogP contribution in [0, 0.1) is 5.92 Å². The van der Waals surface area contributed by atoms with Gasteiger partial charge in [0.15, 0.2) is 0 Å². The van der Waals surface area contributed by atoms with E-state index in [0.29, 0.717) is 5.92 Å². The van der Waals surface area contributed by atoms with Crippen LogP contribution in [0.2, 0.25) is 0 Å². The largest absolute Gasteiger partial charge is 0.0842 e. The van der Waals surface area contributed by atoms with Crippen LogP contribution in [0.4, 0.5) is 0 Å². The van der Waals surface area contributed by atoms with E-state index in [2.05, 4.69) is 42.5 Å². The molecule has 0 aromatic carbocycles. The van der Waals surface area contributed by atoms with E-state index in [1.807, 2.05) is 0 Å². The second kappa shape index (κ2) is 3.57. The topological polar surface area (TPSA) is 0 Å². The zero-order valence-corrected chi connectivity index (χ0v) is 7.24. The minimum Gasteiger partial charge on any atom is -0.0842 e. The van der Waals surface area contributed by atoms with Gasteiger partial charge in [0.25, 0.3) is 0 Å². The molecule has 0 amide bonds. The van der Waals surface area contributed by atoms with Gasteiger partial charge in [-0.1, -0.05) is 48.1 Å². The molecule has 2 rings (SSSR count). The van der Waals surface area contributed by atoms with Crippen molar-refractivity contribution in [2.45, 2.75) is 19.3 Å². The van der Waals surface area contributed by atoms with Crippen molar-refractivity contribution in [1.82, 2.24) is 0 Å². The second-order valence-corrected chi connectivity index (χ2v) is 3.36. The van der Waals surface area contributed by atoms with E-state index in [4.69, 9.17) is 0 Å². The summed E-state index contributed by atoms with van der Waals surface area (Å²) in [5.74, 6) is 0.681. The van der Waals surface area contributed by atoms with Gasteiger partial charge in [0, 0.05) is 5.92 Å². The fourth-order valence-corrected chi connectivity index (χ4v) is 1.79. The third-order valence-corrected chi connectivity index (χ3v) is 2.50. The fraction of sp³-hybridized carbons (Fsp3) is 0.333. The molecule has 1 unspecified atom stereocenters. The Labute approximate surface area is 74.0 Å². The lowest BCUT2D eigenvalue weighted by molar-refractivity contribution is 0.711. The van der Waals surface area contributed by atoms with Crippen molar-refractivity contribution in [3.8, 4) is 0 Å². The summed E-state index contributed by atoms with van der Waals surface area (Å²) in [6.07, 6.45) is 19.2. The molecule has 0 radical (unpaired) electrons. The van der Waals surface area contributed by atoms with Crippen LogP contribution in [0.15, 0.2) is 48.1 Å². The third-order valence-electron chi connectivity index (χ3n) is 2.50. The Kier molecular flexibility index (Phi) is 2.26. The molecule has 2 aliphatic rings. The van der Waals surface area contributed by atoms with Crippen LogP contribution in [-0.2, 0) is 0 Å². The molecule has 0 nitrogen and oxygen atoms in total. The van der Waals surface area contributed by atoms with Gasteiger partial charge in [-0.3, -0.25) is 0 Å². The molecule has 2 aliphatic carbocycles. The highest BCUT2D eigenvalue weighted by molar-refractivity contribution is 5.27. The summed E-state index contributed by atoms with van der Waals surface area (Å²) < 4.78 is 0. The van der Waals surface area contributed by atoms with Crippen molar-refractivity contribution in [2.24, 2.45) is 5.92 Å². The molecule has 0 spiro atoms. The van der Waals surface area contributed by atoms with Crippen LogP contribution in [-0.4, -0.2) is 0 Å². The molecule has 0 aliphatic heterocycles. The summed E-state index contributed by atoms with van der Waals surface area (Å²) in [4.78, 5) is 0. The number of hydrogen-bond donors (Lipinski definition) is 0. The maximum Gasteiger partial charge on any atom is 0.00177 e. The maximum absolute atomic E-state index is 2.31. The maximum atomic E-state index is 2.31. The first kappa shape index (κ1) is 7.60. The van der Waals surface area contributed by atoms with Gasteiger partial charge < -0.3 is 0 Å². The van der Waals surface area contributed by atoms with Crippen LogP contribution in [0.25, 0.3) is 0 Å². The first-order valence-corrected chi connectivity index (χ1v) is 4.66. The summed E-state index contributed by atoms with van der Waals surface area (Å²) in [6.45, 7) is 0. The molecule has 12 heavy (non-hydrogen) atoms. The molecule has 0 saturated carbocycles. The molecule has 62 valence electrons. The van der Waals surface area contributed by atoms with Crippen LogP contribution >= 0.6 is 0 Å². The summed E-state index contributed by atoms with van der Waals surface area (Å²) in [5.41, 5.74) is 1.60. The van der Waals surface area contributed by atoms with Crippen molar-refractivity contribution in [3.63, 3.8) is 0 Å². The van der Waals surface area contributed by atoms with Crippen LogP contribution in [0.3, 0.4) is 0 Å². The quantitative estimate of drug-likeness (QED) is 0.548. The molecule has 0 N–H and O–H groups in total. The Morgan fingerprint density at radius 2 is 2.08 bits per heavy atom. The van der Waals surface area contributed by atoms with Crippen LogP contribution in [0.5, 0.6) is 0 Å². The van der Waals surface area contributed by atoms with E-state index in [9.17, 15) is 0 Å². The van der Waals surface area contributed by atoms with Gasteiger partial charge in [-0.2, -0.15) is 0 Å². The summed E-state index contributed by atoms with van der Waals surface area (Å²) in [7, 11) is 0. The molecule has 0 heteroatoms. The Hall–Kier alpha value is -1.04. The Morgan fingerprint density at radius 1 is 1.08 bits per heavy atom. The second-order valence-electron chi connectivity index (χ2n) is 3.36. The molecular weight excluding hydrogens is 144 g/mol. The lowest BCUT2D eigenvalue weighted by atomic mass is 9.87. The molecule has 0 fully saturated rings. The Morgan fingerprint density at radius 3 is 2.75 bits per heavy atom. The van der Waals surface area contributed by atoms with Crippen molar-refractivity contribution < 1.29 is 0 Å². The Balaban J connectivity index is 2.09. The van der Waals surface area contributed by atoms with Crippen molar-refractivity contribution >= 4 is 0 Å². The van der Waals surface area contributed by atoms with Gasteiger partial charge in [0.05, 0.1) is 0 Å². The van der Waals surface area contributed by atoms with Crippen LogP contribution in [0.1, 0.15) is 19.3 Å². The minimum atomic E-state index is 0.681. The first-order valence-electron chi connectivity index (χ1n) is 4.66. The van der Waals surface area contributed by atoms with E-state index in [-0.39, 0.29) is 0 Å². The molecular formula is C12H14. The van der Waals surface area contributed by atoms with Gasteiger partial charge >= 0.3 is 0 Å². The number of allylic oxidation sites excluding steroid dienone is 8. The molecule has 1 atom stereocenters. The number of rotatable bonds is 1. The van der Waals surface area contributed by atoms with Gasteiger partial charge in [-0.25, -0.2) is 0 Å². The van der Waals surface area contributed by atoms with E-state index in [0.717, 1.165) is 0 Å². The average molecular weight is 158 g/mol. The standard InChI is InChI=1S/C12H14/c1-3-7-11(8-4-1)12-9-5-2-6-10-12/h1-5,7,9,11H,6,8,10H2. The van der Waals surface area contributed by atoms with E-state index in [1.54, 1.807) is 5.57 Å². The highest BCUT2D eigenvalue weighted by atomic mass is 14.2. The van der Waals surface area contributed by atoms with E-state index in [1.165, 1.54) is 19.3 Å². The zero-order chi connectivity index (χ0) is 8.23. The normalized spacial score (nSPS) is 27.3. The SMILES string of the molecule is C1=CCCC(C2C=CC=CC2)=C1. The fourth-order valence-electron chi connectivity index (χ4n) is 1.79. The Bertz CT molecular complexity index is 264. The van der Waals surface area contributed by atoms with Crippen LogP contribution < -0.4 is 0 Å². The van der Waals surface area contributed by atoms with E-state index >= 15 is 0 Å². The van der Waals surface area contributed by atoms with Crippen molar-refractivity contribution in [3.05, 3.63) is 48.1 Å². The zero-order valence-electron chi connectivity index (χ0n) is 7.24. The average Bonchev–Trinajstić information content (AvgIpc) is 2.21. The summed E-state index contributed by atoms with van der Waals surface area (Å²) in [5, 5.41) is 0. The molecule has 0 bridgehead atoms. The molecule has 0 aromatic rings. The molecule has 0 saturated heterocycles. The van der Waals surface area contributed by atoms with Gasteiger partial charge in [-0.15, -0.1) is 0 Å². The van der Waals surface area contributed by atoms with E-state index < -0.39 is 0 Å². The molecule has 0 aromatic heterocycles.